The number of pyridine rings is 1. The third kappa shape index (κ3) is 4.81. The summed E-state index contributed by atoms with van der Waals surface area (Å²) in [5.74, 6) is -2.09. The SMILES string of the molecule is NC(=O)N1CN(C(=O)CO)c2cc(Cn3ccc(OCc4ccc(F)cc4F)c(Cl)c3=O)ccc21. The maximum absolute atomic E-state index is 13.8. The quantitative estimate of drug-likeness (QED) is 0.535. The minimum atomic E-state index is -0.783. The van der Waals surface area contributed by atoms with Crippen LogP contribution in [0.4, 0.5) is 25.0 Å². The van der Waals surface area contributed by atoms with E-state index in [0.717, 1.165) is 12.1 Å². The second kappa shape index (κ2) is 9.72. The van der Waals surface area contributed by atoms with Gasteiger partial charge in [0.1, 0.15) is 42.3 Å². The summed E-state index contributed by atoms with van der Waals surface area (Å²) >= 11 is 6.18. The zero-order valence-corrected chi connectivity index (χ0v) is 18.8. The number of benzene rings is 2. The summed E-state index contributed by atoms with van der Waals surface area (Å²) in [6, 6.07) is 8.58. The Kier molecular flexibility index (Phi) is 6.72. The van der Waals surface area contributed by atoms with Crippen LogP contribution in [0.15, 0.2) is 53.5 Å². The van der Waals surface area contributed by atoms with Gasteiger partial charge in [-0.2, -0.15) is 0 Å². The molecule has 0 saturated heterocycles. The summed E-state index contributed by atoms with van der Waals surface area (Å²) < 4.78 is 33.6. The summed E-state index contributed by atoms with van der Waals surface area (Å²) in [4.78, 5) is 39.0. The lowest BCUT2D eigenvalue weighted by atomic mass is 10.1. The van der Waals surface area contributed by atoms with E-state index in [-0.39, 0.29) is 36.2 Å². The second-order valence-electron chi connectivity index (χ2n) is 7.66. The largest absolute Gasteiger partial charge is 0.487 e. The van der Waals surface area contributed by atoms with Crippen molar-refractivity contribution in [3.63, 3.8) is 0 Å². The van der Waals surface area contributed by atoms with Crippen molar-refractivity contribution < 1.29 is 28.2 Å². The number of urea groups is 1. The zero-order chi connectivity index (χ0) is 25.3. The fourth-order valence-corrected chi connectivity index (χ4v) is 3.88. The number of aliphatic hydroxyl groups is 1. The average Bonchev–Trinajstić information content (AvgIpc) is 3.21. The Bertz CT molecular complexity index is 1380. The van der Waals surface area contributed by atoms with Crippen LogP contribution in [-0.4, -0.2) is 34.9 Å². The highest BCUT2D eigenvalue weighted by atomic mass is 35.5. The smallest absolute Gasteiger partial charge is 0.320 e. The van der Waals surface area contributed by atoms with Crippen LogP contribution in [0.3, 0.4) is 0 Å². The molecule has 4 rings (SSSR count). The van der Waals surface area contributed by atoms with Crippen molar-refractivity contribution in [1.82, 2.24) is 4.57 Å². The van der Waals surface area contributed by atoms with Gasteiger partial charge in [0, 0.05) is 17.8 Å². The van der Waals surface area contributed by atoms with Crippen LogP contribution < -0.4 is 25.8 Å². The highest BCUT2D eigenvalue weighted by Crippen LogP contribution is 2.37. The van der Waals surface area contributed by atoms with Crippen LogP contribution in [0.5, 0.6) is 5.75 Å². The van der Waals surface area contributed by atoms with Crippen molar-refractivity contribution in [1.29, 1.82) is 0 Å². The van der Waals surface area contributed by atoms with Crippen molar-refractivity contribution in [2.45, 2.75) is 13.2 Å². The molecular formula is C23H19ClF2N4O5. The number of primary amides is 1. The first-order valence-corrected chi connectivity index (χ1v) is 10.6. The highest BCUT2D eigenvalue weighted by Gasteiger charge is 2.32. The van der Waals surface area contributed by atoms with Gasteiger partial charge in [0.2, 0.25) is 0 Å². The van der Waals surface area contributed by atoms with Gasteiger partial charge in [-0.05, 0) is 35.9 Å². The highest BCUT2D eigenvalue weighted by molar-refractivity contribution is 6.31. The van der Waals surface area contributed by atoms with Gasteiger partial charge in [0.25, 0.3) is 11.5 Å². The summed E-state index contributed by atoms with van der Waals surface area (Å²) in [5, 5.41) is 9.02. The van der Waals surface area contributed by atoms with E-state index in [1.807, 2.05) is 0 Å². The number of nitrogens with zero attached hydrogens (tertiary/aromatic N) is 3. The molecule has 182 valence electrons. The van der Waals surface area contributed by atoms with Crippen molar-refractivity contribution in [3.05, 3.63) is 86.8 Å². The Morgan fingerprint density at radius 3 is 2.54 bits per heavy atom. The molecule has 1 aliphatic heterocycles. The third-order valence-corrected chi connectivity index (χ3v) is 5.78. The lowest BCUT2D eigenvalue weighted by molar-refractivity contribution is -0.121. The summed E-state index contributed by atoms with van der Waals surface area (Å²) in [5.41, 5.74) is 6.26. The molecule has 3 amide bonds. The number of ether oxygens (including phenoxy) is 1. The molecule has 1 aliphatic rings. The number of carbonyl (C=O) groups excluding carboxylic acids is 2. The van der Waals surface area contributed by atoms with Crippen LogP contribution in [0.25, 0.3) is 0 Å². The van der Waals surface area contributed by atoms with Gasteiger partial charge in [-0.25, -0.2) is 13.6 Å². The molecule has 0 unspecified atom stereocenters. The Hall–Kier alpha value is -3.96. The number of anilines is 2. The minimum Gasteiger partial charge on any atom is -0.487 e. The zero-order valence-electron chi connectivity index (χ0n) is 18.1. The fraction of sp³-hybridized carbons (Fsp3) is 0.174. The predicted octanol–water partition coefficient (Wildman–Crippen LogP) is 2.59. The van der Waals surface area contributed by atoms with E-state index in [1.165, 1.54) is 32.7 Å². The van der Waals surface area contributed by atoms with Gasteiger partial charge in [-0.15, -0.1) is 0 Å². The third-order valence-electron chi connectivity index (χ3n) is 5.43. The van der Waals surface area contributed by atoms with E-state index in [0.29, 0.717) is 16.9 Å². The van der Waals surface area contributed by atoms with Gasteiger partial charge >= 0.3 is 6.03 Å². The van der Waals surface area contributed by atoms with Gasteiger partial charge in [-0.1, -0.05) is 17.7 Å². The molecule has 0 bridgehead atoms. The number of aliphatic hydroxyl groups excluding tert-OH is 1. The molecule has 0 saturated carbocycles. The standard InChI is InChI=1S/C23H19ClF2N4O5/c24-21-19(35-11-14-2-3-15(25)8-16(14)26)5-6-28(22(21)33)9-13-1-4-17-18(7-13)29(20(32)10-31)12-30(17)23(27)34/h1-8,31H,9-12H2,(H2,27,34). The Labute approximate surface area is 202 Å². The lowest BCUT2D eigenvalue weighted by Gasteiger charge is -2.16. The van der Waals surface area contributed by atoms with Crippen molar-refractivity contribution in [2.24, 2.45) is 5.73 Å². The first-order chi connectivity index (χ1) is 16.7. The number of hydrogen-bond acceptors (Lipinski definition) is 5. The van der Waals surface area contributed by atoms with Crippen LogP contribution >= 0.6 is 11.6 Å². The summed E-state index contributed by atoms with van der Waals surface area (Å²) in [6.07, 6.45) is 1.43. The van der Waals surface area contributed by atoms with Crippen LogP contribution in [0, 0.1) is 11.6 Å². The summed E-state index contributed by atoms with van der Waals surface area (Å²) in [6.45, 7) is -1.09. The molecule has 35 heavy (non-hydrogen) atoms. The Morgan fingerprint density at radius 1 is 1.09 bits per heavy atom. The van der Waals surface area contributed by atoms with Gasteiger partial charge in [0.15, 0.2) is 0 Å². The molecule has 0 atom stereocenters. The Morgan fingerprint density at radius 2 is 1.86 bits per heavy atom. The van der Waals surface area contributed by atoms with E-state index < -0.39 is 35.7 Å². The monoisotopic (exact) mass is 504 g/mol. The molecule has 0 aliphatic carbocycles. The lowest BCUT2D eigenvalue weighted by Crippen LogP contribution is -2.42. The van der Waals surface area contributed by atoms with E-state index in [4.69, 9.17) is 22.1 Å². The molecule has 2 aromatic carbocycles. The Balaban J connectivity index is 1.56. The molecule has 0 radical (unpaired) electrons. The number of carbonyl (C=O) groups is 2. The fourth-order valence-electron chi connectivity index (χ4n) is 3.65. The molecular weight excluding hydrogens is 486 g/mol. The number of halogens is 3. The molecule has 3 N–H and O–H groups in total. The normalized spacial score (nSPS) is 12.6. The predicted molar refractivity (Wildman–Crippen MR) is 123 cm³/mol. The van der Waals surface area contributed by atoms with Crippen LogP contribution in [-0.2, 0) is 17.9 Å². The molecule has 2 heterocycles. The van der Waals surface area contributed by atoms with E-state index >= 15 is 0 Å². The number of amides is 3. The summed E-state index contributed by atoms with van der Waals surface area (Å²) in [7, 11) is 0. The molecule has 1 aromatic heterocycles. The van der Waals surface area contributed by atoms with Crippen molar-refractivity contribution >= 4 is 34.9 Å². The maximum atomic E-state index is 13.8. The number of aromatic nitrogens is 1. The average molecular weight is 505 g/mol. The van der Waals surface area contributed by atoms with Crippen molar-refractivity contribution in [2.75, 3.05) is 23.1 Å². The molecule has 0 fully saturated rings. The van der Waals surface area contributed by atoms with E-state index in [1.54, 1.807) is 18.2 Å². The van der Waals surface area contributed by atoms with E-state index in [2.05, 4.69) is 0 Å². The van der Waals surface area contributed by atoms with Gasteiger partial charge in [0.05, 0.1) is 17.9 Å². The van der Waals surface area contributed by atoms with E-state index in [9.17, 15) is 28.3 Å². The van der Waals surface area contributed by atoms with Gasteiger partial charge in [-0.3, -0.25) is 19.4 Å². The number of nitrogens with two attached hydrogens (primary N) is 1. The number of rotatable bonds is 6. The topological polar surface area (TPSA) is 118 Å². The minimum absolute atomic E-state index is 0.0300. The second-order valence-corrected chi connectivity index (χ2v) is 8.04. The maximum Gasteiger partial charge on any atom is 0.320 e. The van der Waals surface area contributed by atoms with Gasteiger partial charge < -0.3 is 20.1 Å². The van der Waals surface area contributed by atoms with Crippen LogP contribution in [0.1, 0.15) is 11.1 Å². The first-order valence-electron chi connectivity index (χ1n) is 10.3. The molecule has 3 aromatic rings. The molecule has 9 nitrogen and oxygen atoms in total. The number of fused-ring (bicyclic) bond motifs is 1. The first kappa shape index (κ1) is 24.2. The number of hydrogen-bond donors (Lipinski definition) is 2. The molecule has 0 spiro atoms. The van der Waals surface area contributed by atoms with Crippen LogP contribution in [0.2, 0.25) is 5.02 Å². The molecule has 12 heteroatoms. The van der Waals surface area contributed by atoms with Crippen molar-refractivity contribution in [3.8, 4) is 5.75 Å².